The highest BCUT2D eigenvalue weighted by atomic mass is 16.5. The maximum atomic E-state index is 5.58. The van der Waals surface area contributed by atoms with Crippen LogP contribution in [0.3, 0.4) is 0 Å². The van der Waals surface area contributed by atoms with E-state index >= 15 is 0 Å². The second kappa shape index (κ2) is 5.79. The zero-order valence-electron chi connectivity index (χ0n) is 10.1. The van der Waals surface area contributed by atoms with E-state index in [9.17, 15) is 0 Å². The van der Waals surface area contributed by atoms with Crippen LogP contribution >= 0.6 is 0 Å². The molecule has 17 heavy (non-hydrogen) atoms. The van der Waals surface area contributed by atoms with Crippen molar-refractivity contribution in [3.8, 4) is 0 Å². The number of nitrogens with two attached hydrogens (primary N) is 1. The van der Waals surface area contributed by atoms with E-state index in [2.05, 4.69) is 27.1 Å². The van der Waals surface area contributed by atoms with Crippen LogP contribution in [0.1, 0.15) is 6.92 Å². The Morgan fingerprint density at radius 3 is 2.94 bits per heavy atom. The Labute approximate surface area is 101 Å². The molecular weight excluding hydrogens is 218 g/mol. The summed E-state index contributed by atoms with van der Waals surface area (Å²) in [6.07, 6.45) is 3.23. The van der Waals surface area contributed by atoms with E-state index in [1.807, 2.05) is 0 Å². The molecule has 3 N–H and O–H groups in total. The third-order valence-electron chi connectivity index (χ3n) is 2.68. The van der Waals surface area contributed by atoms with Crippen molar-refractivity contribution in [2.75, 3.05) is 43.9 Å². The molecular formula is C11H19N5O. The minimum atomic E-state index is 0.309. The molecule has 1 aliphatic heterocycles. The Morgan fingerprint density at radius 1 is 1.47 bits per heavy atom. The first-order chi connectivity index (χ1) is 8.24. The molecule has 2 rings (SSSR count). The third kappa shape index (κ3) is 3.83. The molecule has 0 radical (unpaired) electrons. The van der Waals surface area contributed by atoms with Crippen molar-refractivity contribution < 1.29 is 4.74 Å². The number of morpholine rings is 1. The summed E-state index contributed by atoms with van der Waals surface area (Å²) in [6.45, 7) is 6.74. The van der Waals surface area contributed by atoms with E-state index in [4.69, 9.17) is 10.5 Å². The molecule has 94 valence electrons. The molecule has 6 heteroatoms. The molecule has 0 bridgehead atoms. The van der Waals surface area contributed by atoms with Gasteiger partial charge in [0.2, 0.25) is 0 Å². The summed E-state index contributed by atoms with van der Waals surface area (Å²) in [4.78, 5) is 10.5. The molecule has 1 unspecified atom stereocenters. The van der Waals surface area contributed by atoms with Crippen molar-refractivity contribution in [2.45, 2.75) is 13.0 Å². The standard InChI is InChI=1S/C11H19N5O/c1-9(8-16-2-4-17-5-3-16)14-11-7-13-6-10(12)15-11/h6-7,9H,2-5,8H2,1H3,(H3,12,14,15). The number of rotatable bonds is 4. The van der Waals surface area contributed by atoms with E-state index in [0.717, 1.165) is 38.7 Å². The fraction of sp³-hybridized carbons (Fsp3) is 0.636. The number of ether oxygens (including phenoxy) is 1. The highest BCUT2D eigenvalue weighted by Gasteiger charge is 2.13. The van der Waals surface area contributed by atoms with Gasteiger partial charge in [-0.2, -0.15) is 0 Å². The Morgan fingerprint density at radius 2 is 2.24 bits per heavy atom. The first-order valence-corrected chi connectivity index (χ1v) is 5.88. The third-order valence-corrected chi connectivity index (χ3v) is 2.68. The minimum Gasteiger partial charge on any atom is -0.382 e. The molecule has 0 aromatic carbocycles. The number of nitrogens with one attached hydrogen (secondary N) is 1. The maximum Gasteiger partial charge on any atom is 0.147 e. The molecule has 2 heterocycles. The van der Waals surface area contributed by atoms with Gasteiger partial charge in [0, 0.05) is 25.7 Å². The second-order valence-electron chi connectivity index (χ2n) is 4.29. The normalized spacial score (nSPS) is 18.9. The predicted octanol–water partition coefficient (Wildman–Crippen LogP) is 0.191. The van der Waals surface area contributed by atoms with Crippen molar-refractivity contribution in [3.63, 3.8) is 0 Å². The van der Waals surface area contributed by atoms with Crippen LogP contribution in [-0.4, -0.2) is 53.8 Å². The quantitative estimate of drug-likeness (QED) is 0.778. The number of nitrogens with zero attached hydrogens (tertiary/aromatic N) is 3. The monoisotopic (exact) mass is 237 g/mol. The van der Waals surface area contributed by atoms with Crippen molar-refractivity contribution in [3.05, 3.63) is 12.4 Å². The van der Waals surface area contributed by atoms with Crippen molar-refractivity contribution in [2.24, 2.45) is 0 Å². The Kier molecular flexibility index (Phi) is 4.11. The van der Waals surface area contributed by atoms with Gasteiger partial charge in [-0.25, -0.2) is 4.98 Å². The van der Waals surface area contributed by atoms with Crippen LogP contribution in [0.5, 0.6) is 0 Å². The van der Waals surface area contributed by atoms with Crippen LogP contribution in [0, 0.1) is 0 Å². The fourth-order valence-electron chi connectivity index (χ4n) is 1.92. The van der Waals surface area contributed by atoms with Gasteiger partial charge in [-0.3, -0.25) is 9.88 Å². The van der Waals surface area contributed by atoms with E-state index in [1.165, 1.54) is 6.20 Å². The Hall–Kier alpha value is -1.40. The molecule has 1 atom stereocenters. The number of hydrogen-bond acceptors (Lipinski definition) is 6. The summed E-state index contributed by atoms with van der Waals surface area (Å²) in [5, 5.41) is 3.29. The first-order valence-electron chi connectivity index (χ1n) is 5.88. The topological polar surface area (TPSA) is 76.3 Å². The van der Waals surface area contributed by atoms with Gasteiger partial charge in [0.25, 0.3) is 0 Å². The lowest BCUT2D eigenvalue weighted by Crippen LogP contribution is -2.42. The van der Waals surface area contributed by atoms with Gasteiger partial charge in [-0.05, 0) is 6.92 Å². The van der Waals surface area contributed by atoms with Crippen LogP contribution in [0.2, 0.25) is 0 Å². The summed E-state index contributed by atoms with van der Waals surface area (Å²) in [6, 6.07) is 0.309. The molecule has 0 aliphatic carbocycles. The molecule has 1 aromatic rings. The number of aromatic nitrogens is 2. The molecule has 0 saturated carbocycles. The molecule has 1 aliphatic rings. The number of nitrogen functional groups attached to an aromatic ring is 1. The molecule has 1 saturated heterocycles. The van der Waals surface area contributed by atoms with Crippen molar-refractivity contribution >= 4 is 11.6 Å². The first kappa shape index (κ1) is 12.1. The molecule has 6 nitrogen and oxygen atoms in total. The van der Waals surface area contributed by atoms with Gasteiger partial charge in [-0.15, -0.1) is 0 Å². The van der Waals surface area contributed by atoms with E-state index < -0.39 is 0 Å². The SMILES string of the molecule is CC(CN1CCOCC1)Nc1cncc(N)n1. The van der Waals surface area contributed by atoms with E-state index in [-0.39, 0.29) is 0 Å². The van der Waals surface area contributed by atoms with Gasteiger partial charge in [0.15, 0.2) is 0 Å². The zero-order chi connectivity index (χ0) is 12.1. The van der Waals surface area contributed by atoms with E-state index in [1.54, 1.807) is 6.20 Å². The van der Waals surface area contributed by atoms with Crippen molar-refractivity contribution in [1.29, 1.82) is 0 Å². The van der Waals surface area contributed by atoms with Gasteiger partial charge in [-0.1, -0.05) is 0 Å². The summed E-state index contributed by atoms with van der Waals surface area (Å²) >= 11 is 0. The largest absolute Gasteiger partial charge is 0.382 e. The lowest BCUT2D eigenvalue weighted by atomic mass is 10.3. The average Bonchev–Trinajstić information content (AvgIpc) is 2.30. The van der Waals surface area contributed by atoms with E-state index in [0.29, 0.717) is 11.9 Å². The smallest absolute Gasteiger partial charge is 0.147 e. The van der Waals surface area contributed by atoms with Crippen LogP contribution in [0.25, 0.3) is 0 Å². The molecule has 1 aromatic heterocycles. The molecule has 0 amide bonds. The molecule has 1 fully saturated rings. The zero-order valence-corrected chi connectivity index (χ0v) is 10.1. The average molecular weight is 237 g/mol. The highest BCUT2D eigenvalue weighted by molar-refractivity contribution is 5.38. The number of anilines is 2. The highest BCUT2D eigenvalue weighted by Crippen LogP contribution is 2.06. The van der Waals surface area contributed by atoms with Gasteiger partial charge in [0.05, 0.1) is 25.6 Å². The van der Waals surface area contributed by atoms with Crippen LogP contribution < -0.4 is 11.1 Å². The lowest BCUT2D eigenvalue weighted by Gasteiger charge is -2.29. The molecule has 0 spiro atoms. The van der Waals surface area contributed by atoms with Gasteiger partial charge < -0.3 is 15.8 Å². The minimum absolute atomic E-state index is 0.309. The summed E-state index contributed by atoms with van der Waals surface area (Å²) in [5.74, 6) is 1.17. The van der Waals surface area contributed by atoms with Crippen LogP contribution in [0.15, 0.2) is 12.4 Å². The van der Waals surface area contributed by atoms with Crippen molar-refractivity contribution in [1.82, 2.24) is 14.9 Å². The fourth-order valence-corrected chi connectivity index (χ4v) is 1.92. The Balaban J connectivity index is 1.82. The number of hydrogen-bond donors (Lipinski definition) is 2. The maximum absolute atomic E-state index is 5.58. The summed E-state index contributed by atoms with van der Waals surface area (Å²) in [7, 11) is 0. The van der Waals surface area contributed by atoms with Gasteiger partial charge in [0.1, 0.15) is 11.6 Å². The second-order valence-corrected chi connectivity index (χ2v) is 4.29. The summed E-state index contributed by atoms with van der Waals surface area (Å²) in [5.41, 5.74) is 5.58. The predicted molar refractivity (Wildman–Crippen MR) is 66.8 cm³/mol. The van der Waals surface area contributed by atoms with Gasteiger partial charge >= 0.3 is 0 Å². The van der Waals surface area contributed by atoms with Crippen LogP contribution in [-0.2, 0) is 4.74 Å². The Bertz CT molecular complexity index is 353. The van der Waals surface area contributed by atoms with Crippen LogP contribution in [0.4, 0.5) is 11.6 Å². The summed E-state index contributed by atoms with van der Waals surface area (Å²) < 4.78 is 5.31. The lowest BCUT2D eigenvalue weighted by molar-refractivity contribution is 0.0368.